The molecule has 0 radical (unpaired) electrons. The van der Waals surface area contributed by atoms with E-state index in [1.54, 1.807) is 6.07 Å². The van der Waals surface area contributed by atoms with Crippen LogP contribution in [0.25, 0.3) is 0 Å². The number of rotatable bonds is 2. The minimum atomic E-state index is -0.195. The van der Waals surface area contributed by atoms with E-state index in [0.717, 1.165) is 31.0 Å². The number of benzene rings is 1. The number of nitrogens with one attached hydrogen (secondary N) is 1. The second-order valence-electron chi connectivity index (χ2n) is 5.95. The van der Waals surface area contributed by atoms with Crippen LogP contribution < -0.4 is 5.32 Å². The number of piperidine rings is 1. The van der Waals surface area contributed by atoms with Crippen molar-refractivity contribution in [3.63, 3.8) is 0 Å². The molecule has 1 N–H and O–H groups in total. The normalized spacial score (nSPS) is 28.7. The SMILES string of the molecule is Fc1c(Cl)cccc1C1CCNCC1C1CCCC1. The molecule has 1 saturated heterocycles. The summed E-state index contributed by atoms with van der Waals surface area (Å²) < 4.78 is 14.3. The van der Waals surface area contributed by atoms with Gasteiger partial charge in [-0.05, 0) is 48.9 Å². The number of hydrogen-bond donors (Lipinski definition) is 1. The van der Waals surface area contributed by atoms with Gasteiger partial charge in [-0.1, -0.05) is 49.4 Å². The highest BCUT2D eigenvalue weighted by molar-refractivity contribution is 6.30. The molecule has 0 bridgehead atoms. The lowest BCUT2D eigenvalue weighted by molar-refractivity contribution is 0.227. The summed E-state index contributed by atoms with van der Waals surface area (Å²) in [6.07, 6.45) is 6.33. The maximum atomic E-state index is 14.3. The van der Waals surface area contributed by atoms with Gasteiger partial charge in [0.15, 0.2) is 0 Å². The molecular formula is C16H21ClFN. The quantitative estimate of drug-likeness (QED) is 0.849. The van der Waals surface area contributed by atoms with E-state index in [2.05, 4.69) is 5.32 Å². The van der Waals surface area contributed by atoms with Crippen molar-refractivity contribution in [3.8, 4) is 0 Å². The van der Waals surface area contributed by atoms with Gasteiger partial charge >= 0.3 is 0 Å². The third-order valence-corrected chi connectivity index (χ3v) is 5.21. The van der Waals surface area contributed by atoms with Crippen molar-refractivity contribution in [3.05, 3.63) is 34.6 Å². The fourth-order valence-electron chi connectivity index (χ4n) is 3.96. The first kappa shape index (κ1) is 13.4. The monoisotopic (exact) mass is 281 g/mol. The van der Waals surface area contributed by atoms with Crippen LogP contribution in [-0.4, -0.2) is 13.1 Å². The summed E-state index contributed by atoms with van der Waals surface area (Å²) in [5, 5.41) is 3.76. The van der Waals surface area contributed by atoms with Crippen LogP contribution in [0.4, 0.5) is 4.39 Å². The van der Waals surface area contributed by atoms with Crippen LogP contribution in [-0.2, 0) is 0 Å². The first-order chi connectivity index (χ1) is 9.27. The molecule has 1 aliphatic heterocycles. The third kappa shape index (κ3) is 2.66. The van der Waals surface area contributed by atoms with Crippen molar-refractivity contribution in [2.75, 3.05) is 13.1 Å². The Hall–Kier alpha value is -0.600. The Morgan fingerprint density at radius 3 is 2.74 bits per heavy atom. The Morgan fingerprint density at radius 2 is 1.95 bits per heavy atom. The van der Waals surface area contributed by atoms with E-state index in [1.807, 2.05) is 12.1 Å². The summed E-state index contributed by atoms with van der Waals surface area (Å²) in [7, 11) is 0. The second kappa shape index (κ2) is 5.80. The van der Waals surface area contributed by atoms with Gasteiger partial charge in [-0.15, -0.1) is 0 Å². The molecule has 3 heteroatoms. The van der Waals surface area contributed by atoms with Gasteiger partial charge in [0.2, 0.25) is 0 Å². The molecule has 2 aliphatic rings. The smallest absolute Gasteiger partial charge is 0.145 e. The molecule has 1 aromatic rings. The van der Waals surface area contributed by atoms with Crippen molar-refractivity contribution in [2.45, 2.75) is 38.0 Å². The van der Waals surface area contributed by atoms with Crippen LogP contribution in [0, 0.1) is 17.7 Å². The van der Waals surface area contributed by atoms with E-state index < -0.39 is 0 Å². The largest absolute Gasteiger partial charge is 0.316 e. The summed E-state index contributed by atoms with van der Waals surface area (Å²) >= 11 is 5.95. The fourth-order valence-corrected chi connectivity index (χ4v) is 4.14. The van der Waals surface area contributed by atoms with Crippen molar-refractivity contribution in [1.82, 2.24) is 5.32 Å². The zero-order chi connectivity index (χ0) is 13.2. The summed E-state index contributed by atoms with van der Waals surface area (Å²) in [5.41, 5.74) is 0.839. The van der Waals surface area contributed by atoms with Gasteiger partial charge in [0.05, 0.1) is 5.02 Å². The van der Waals surface area contributed by atoms with Crippen LogP contribution in [0.5, 0.6) is 0 Å². The molecule has 0 amide bonds. The van der Waals surface area contributed by atoms with E-state index in [9.17, 15) is 4.39 Å². The third-order valence-electron chi connectivity index (χ3n) is 4.92. The Kier molecular flexibility index (Phi) is 4.09. The molecule has 19 heavy (non-hydrogen) atoms. The Labute approximate surface area is 119 Å². The average Bonchev–Trinajstić information content (AvgIpc) is 2.96. The first-order valence-corrected chi connectivity index (χ1v) is 7.80. The van der Waals surface area contributed by atoms with E-state index in [-0.39, 0.29) is 10.8 Å². The summed E-state index contributed by atoms with van der Waals surface area (Å²) in [4.78, 5) is 0. The highest BCUT2D eigenvalue weighted by Crippen LogP contribution is 2.43. The molecule has 0 aromatic heterocycles. The van der Waals surface area contributed by atoms with Gasteiger partial charge in [0, 0.05) is 0 Å². The number of halogens is 2. The van der Waals surface area contributed by atoms with Crippen molar-refractivity contribution in [1.29, 1.82) is 0 Å². The fraction of sp³-hybridized carbons (Fsp3) is 0.625. The maximum Gasteiger partial charge on any atom is 0.145 e. The van der Waals surface area contributed by atoms with Gasteiger partial charge in [-0.2, -0.15) is 0 Å². The standard InChI is InChI=1S/C16H21ClFN/c17-15-7-3-6-13(16(15)18)12-8-9-19-10-14(12)11-4-1-2-5-11/h3,6-7,11-12,14,19H,1-2,4-5,8-10H2. The molecule has 1 saturated carbocycles. The molecule has 2 unspecified atom stereocenters. The van der Waals surface area contributed by atoms with Gasteiger partial charge < -0.3 is 5.32 Å². The first-order valence-electron chi connectivity index (χ1n) is 7.42. The molecule has 0 spiro atoms. The highest BCUT2D eigenvalue weighted by atomic mass is 35.5. The molecule has 2 atom stereocenters. The molecule has 1 heterocycles. The Bertz CT molecular complexity index is 442. The predicted molar refractivity (Wildman–Crippen MR) is 77.1 cm³/mol. The van der Waals surface area contributed by atoms with Crippen molar-refractivity contribution in [2.24, 2.45) is 11.8 Å². The van der Waals surface area contributed by atoms with Gasteiger partial charge in [-0.25, -0.2) is 4.39 Å². The summed E-state index contributed by atoms with van der Waals surface area (Å²) in [5.74, 6) is 1.47. The van der Waals surface area contributed by atoms with E-state index >= 15 is 0 Å². The lowest BCUT2D eigenvalue weighted by atomic mass is 9.73. The van der Waals surface area contributed by atoms with Crippen LogP contribution in [0.1, 0.15) is 43.6 Å². The molecule has 1 aliphatic carbocycles. The topological polar surface area (TPSA) is 12.0 Å². The van der Waals surface area contributed by atoms with Crippen molar-refractivity contribution >= 4 is 11.6 Å². The van der Waals surface area contributed by atoms with E-state index in [0.29, 0.717) is 11.8 Å². The van der Waals surface area contributed by atoms with Gasteiger partial charge in [-0.3, -0.25) is 0 Å². The van der Waals surface area contributed by atoms with E-state index in [4.69, 9.17) is 11.6 Å². The predicted octanol–water partition coefficient (Wildman–Crippen LogP) is 4.36. The molecule has 104 valence electrons. The van der Waals surface area contributed by atoms with Crippen LogP contribution >= 0.6 is 11.6 Å². The molecule has 2 fully saturated rings. The molecule has 3 rings (SSSR count). The van der Waals surface area contributed by atoms with Crippen molar-refractivity contribution < 1.29 is 4.39 Å². The average molecular weight is 282 g/mol. The molecule has 1 nitrogen and oxygen atoms in total. The van der Waals surface area contributed by atoms with Gasteiger partial charge in [0.25, 0.3) is 0 Å². The minimum Gasteiger partial charge on any atom is -0.316 e. The second-order valence-corrected chi connectivity index (χ2v) is 6.36. The van der Waals surface area contributed by atoms with Crippen LogP contribution in [0.2, 0.25) is 5.02 Å². The van der Waals surface area contributed by atoms with Crippen LogP contribution in [0.3, 0.4) is 0 Å². The summed E-state index contributed by atoms with van der Waals surface area (Å²) in [6.45, 7) is 2.02. The zero-order valence-electron chi connectivity index (χ0n) is 11.2. The lowest BCUT2D eigenvalue weighted by Crippen LogP contribution is -2.39. The lowest BCUT2D eigenvalue weighted by Gasteiger charge is -2.36. The molecule has 1 aromatic carbocycles. The highest BCUT2D eigenvalue weighted by Gasteiger charge is 2.35. The molecular weight excluding hydrogens is 261 g/mol. The minimum absolute atomic E-state index is 0.195. The summed E-state index contributed by atoms with van der Waals surface area (Å²) in [6, 6.07) is 5.46. The Morgan fingerprint density at radius 1 is 1.16 bits per heavy atom. The van der Waals surface area contributed by atoms with E-state index in [1.165, 1.54) is 25.7 Å². The van der Waals surface area contributed by atoms with Gasteiger partial charge in [0.1, 0.15) is 5.82 Å². The zero-order valence-corrected chi connectivity index (χ0v) is 11.9. The number of hydrogen-bond acceptors (Lipinski definition) is 1. The Balaban J connectivity index is 1.89. The maximum absolute atomic E-state index is 14.3. The van der Waals surface area contributed by atoms with Crippen LogP contribution in [0.15, 0.2) is 18.2 Å².